The van der Waals surface area contributed by atoms with Crippen LogP contribution in [-0.4, -0.2) is 19.9 Å². The third-order valence-electron chi connectivity index (χ3n) is 2.13. The third kappa shape index (κ3) is 2.25. The fraction of sp³-hybridized carbons (Fsp3) is 0.444. The maximum atomic E-state index is 5.57. The Balaban J connectivity index is 2.06. The molecule has 86 valence electrons. The van der Waals surface area contributed by atoms with Gasteiger partial charge < -0.3 is 14.8 Å². The Bertz CT molecular complexity index is 439. The van der Waals surface area contributed by atoms with Crippen LogP contribution in [0.2, 0.25) is 0 Å². The smallest absolute Gasteiger partial charge is 0.191 e. The number of nitrogens with two attached hydrogens (primary N) is 1. The largest absolute Gasteiger partial charge is 0.361 e. The quantitative estimate of drug-likeness (QED) is 0.785. The van der Waals surface area contributed by atoms with E-state index in [9.17, 15) is 0 Å². The lowest BCUT2D eigenvalue weighted by Crippen LogP contribution is -2.07. The zero-order valence-corrected chi connectivity index (χ0v) is 9.78. The summed E-state index contributed by atoms with van der Waals surface area (Å²) >= 11 is 1.57. The second-order valence-corrected chi connectivity index (χ2v) is 4.06. The van der Waals surface area contributed by atoms with Gasteiger partial charge in [-0.1, -0.05) is 16.9 Å². The topological polar surface area (TPSA) is 82.8 Å². The van der Waals surface area contributed by atoms with Gasteiger partial charge in [0.05, 0.1) is 18.5 Å². The number of aromatic nitrogens is 4. The molecule has 0 spiro atoms. The standard InChI is InChI=1S/C9H13N5OS/c1-2-14-8(5-10)12-13-9(14)16-6-7-3-4-11-15-7/h3-4H,2,5-6,10H2,1H3. The third-order valence-corrected chi connectivity index (χ3v) is 3.12. The second kappa shape index (κ2) is 5.13. The molecule has 0 aliphatic heterocycles. The molecule has 2 N–H and O–H groups in total. The van der Waals surface area contributed by atoms with Crippen LogP contribution >= 0.6 is 11.8 Å². The van der Waals surface area contributed by atoms with Gasteiger partial charge in [-0.15, -0.1) is 10.2 Å². The number of nitrogens with zero attached hydrogens (tertiary/aromatic N) is 4. The summed E-state index contributed by atoms with van der Waals surface area (Å²) in [5.74, 6) is 2.33. The summed E-state index contributed by atoms with van der Waals surface area (Å²) in [6.07, 6.45) is 1.63. The SMILES string of the molecule is CCn1c(CN)nnc1SCc1ccno1. The van der Waals surface area contributed by atoms with Crippen LogP contribution in [0.25, 0.3) is 0 Å². The summed E-state index contributed by atoms with van der Waals surface area (Å²) in [6.45, 7) is 3.27. The minimum atomic E-state index is 0.406. The summed E-state index contributed by atoms with van der Waals surface area (Å²) in [5, 5.41) is 12.6. The first-order chi connectivity index (χ1) is 7.85. The molecule has 2 aromatic heterocycles. The van der Waals surface area contributed by atoms with Gasteiger partial charge in [0.1, 0.15) is 11.6 Å². The van der Waals surface area contributed by atoms with E-state index in [1.807, 2.05) is 17.6 Å². The van der Waals surface area contributed by atoms with E-state index in [4.69, 9.17) is 10.3 Å². The van der Waals surface area contributed by atoms with Crippen molar-refractivity contribution in [2.24, 2.45) is 5.73 Å². The van der Waals surface area contributed by atoms with Gasteiger partial charge in [0.25, 0.3) is 0 Å². The Kier molecular flexibility index (Phi) is 3.58. The molecular formula is C9H13N5OS. The molecule has 0 saturated heterocycles. The van der Waals surface area contributed by atoms with Crippen LogP contribution < -0.4 is 5.73 Å². The predicted molar refractivity (Wildman–Crippen MR) is 59.7 cm³/mol. The summed E-state index contributed by atoms with van der Waals surface area (Å²) in [6, 6.07) is 1.84. The van der Waals surface area contributed by atoms with E-state index in [1.165, 1.54) is 0 Å². The van der Waals surface area contributed by atoms with E-state index >= 15 is 0 Å². The van der Waals surface area contributed by atoms with Crippen LogP contribution in [0.1, 0.15) is 18.5 Å². The lowest BCUT2D eigenvalue weighted by molar-refractivity contribution is 0.395. The van der Waals surface area contributed by atoms with Crippen LogP contribution in [0.3, 0.4) is 0 Å². The number of rotatable bonds is 5. The van der Waals surface area contributed by atoms with Crippen molar-refractivity contribution in [3.8, 4) is 0 Å². The lowest BCUT2D eigenvalue weighted by atomic mass is 10.5. The van der Waals surface area contributed by atoms with E-state index < -0.39 is 0 Å². The molecule has 16 heavy (non-hydrogen) atoms. The summed E-state index contributed by atoms with van der Waals surface area (Å²) in [7, 11) is 0. The molecule has 2 rings (SSSR count). The highest BCUT2D eigenvalue weighted by molar-refractivity contribution is 7.98. The lowest BCUT2D eigenvalue weighted by Gasteiger charge is -2.04. The fourth-order valence-corrected chi connectivity index (χ4v) is 2.26. The fourth-order valence-electron chi connectivity index (χ4n) is 1.35. The minimum absolute atomic E-state index is 0.406. The molecule has 0 aromatic carbocycles. The van der Waals surface area contributed by atoms with Gasteiger partial charge in [0.15, 0.2) is 5.16 Å². The normalized spacial score (nSPS) is 10.9. The van der Waals surface area contributed by atoms with Crippen molar-refractivity contribution >= 4 is 11.8 Å². The Labute approximate surface area is 97.2 Å². The molecular weight excluding hydrogens is 226 g/mol. The zero-order chi connectivity index (χ0) is 11.4. The van der Waals surface area contributed by atoms with E-state index in [0.29, 0.717) is 12.3 Å². The molecule has 0 saturated carbocycles. The van der Waals surface area contributed by atoms with Crippen LogP contribution in [0.5, 0.6) is 0 Å². The summed E-state index contributed by atoms with van der Waals surface area (Å²) < 4.78 is 7.01. The predicted octanol–water partition coefficient (Wildman–Crippen LogP) is 1.04. The van der Waals surface area contributed by atoms with Gasteiger partial charge in [0, 0.05) is 12.6 Å². The number of hydrogen-bond acceptors (Lipinski definition) is 6. The summed E-state index contributed by atoms with van der Waals surface area (Å²) in [4.78, 5) is 0. The molecule has 0 aliphatic carbocycles. The minimum Gasteiger partial charge on any atom is -0.361 e. The highest BCUT2D eigenvalue weighted by Gasteiger charge is 2.10. The maximum Gasteiger partial charge on any atom is 0.191 e. The monoisotopic (exact) mass is 239 g/mol. The van der Waals surface area contributed by atoms with Gasteiger partial charge in [-0.3, -0.25) is 0 Å². The average Bonchev–Trinajstić information content (AvgIpc) is 2.94. The van der Waals surface area contributed by atoms with Gasteiger partial charge in [-0.25, -0.2) is 0 Å². The molecule has 0 unspecified atom stereocenters. The Hall–Kier alpha value is -1.34. The molecule has 0 fully saturated rings. The highest BCUT2D eigenvalue weighted by atomic mass is 32.2. The first-order valence-electron chi connectivity index (χ1n) is 4.99. The van der Waals surface area contributed by atoms with Crippen molar-refractivity contribution in [2.75, 3.05) is 0 Å². The van der Waals surface area contributed by atoms with E-state index in [2.05, 4.69) is 15.4 Å². The maximum absolute atomic E-state index is 5.57. The van der Waals surface area contributed by atoms with Crippen molar-refractivity contribution in [3.05, 3.63) is 23.8 Å². The highest BCUT2D eigenvalue weighted by Crippen LogP contribution is 2.21. The van der Waals surface area contributed by atoms with E-state index in [1.54, 1.807) is 18.0 Å². The van der Waals surface area contributed by atoms with E-state index in [0.717, 1.165) is 23.3 Å². The van der Waals surface area contributed by atoms with Gasteiger partial charge in [0.2, 0.25) is 0 Å². The molecule has 0 aliphatic rings. The molecule has 2 heterocycles. The Morgan fingerprint density at radius 2 is 2.38 bits per heavy atom. The molecule has 0 atom stereocenters. The molecule has 0 bridgehead atoms. The zero-order valence-electron chi connectivity index (χ0n) is 8.96. The van der Waals surface area contributed by atoms with Crippen LogP contribution in [0.4, 0.5) is 0 Å². The van der Waals surface area contributed by atoms with Gasteiger partial charge in [-0.2, -0.15) is 0 Å². The Morgan fingerprint density at radius 1 is 1.50 bits per heavy atom. The molecule has 6 nitrogen and oxygen atoms in total. The van der Waals surface area contributed by atoms with Gasteiger partial charge in [-0.05, 0) is 6.92 Å². The number of hydrogen-bond donors (Lipinski definition) is 1. The van der Waals surface area contributed by atoms with Crippen LogP contribution in [0, 0.1) is 0 Å². The van der Waals surface area contributed by atoms with Crippen molar-refractivity contribution < 1.29 is 4.52 Å². The average molecular weight is 239 g/mol. The van der Waals surface area contributed by atoms with Crippen LogP contribution in [0.15, 0.2) is 21.9 Å². The number of thioether (sulfide) groups is 1. The molecule has 0 amide bonds. The Morgan fingerprint density at radius 3 is 3.00 bits per heavy atom. The van der Waals surface area contributed by atoms with Crippen LogP contribution in [-0.2, 0) is 18.8 Å². The summed E-state index contributed by atoms with van der Waals surface area (Å²) in [5.41, 5.74) is 5.57. The van der Waals surface area contributed by atoms with E-state index in [-0.39, 0.29) is 0 Å². The van der Waals surface area contributed by atoms with Crippen molar-refractivity contribution in [3.63, 3.8) is 0 Å². The molecule has 0 radical (unpaired) electrons. The first kappa shape index (κ1) is 11.2. The van der Waals surface area contributed by atoms with Crippen molar-refractivity contribution in [1.82, 2.24) is 19.9 Å². The van der Waals surface area contributed by atoms with Gasteiger partial charge >= 0.3 is 0 Å². The van der Waals surface area contributed by atoms with Crippen molar-refractivity contribution in [1.29, 1.82) is 0 Å². The second-order valence-electron chi connectivity index (χ2n) is 3.11. The van der Waals surface area contributed by atoms with Crippen molar-refractivity contribution in [2.45, 2.75) is 30.9 Å². The first-order valence-corrected chi connectivity index (χ1v) is 5.98. The molecule has 7 heteroatoms. The molecule has 2 aromatic rings.